The Hall–Kier alpha value is -2.22. The van der Waals surface area contributed by atoms with Gasteiger partial charge in [-0.1, -0.05) is 5.10 Å². The Morgan fingerprint density at radius 3 is 2.35 bits per heavy atom. The van der Waals surface area contributed by atoms with Gasteiger partial charge in [0.1, 0.15) is 0 Å². The van der Waals surface area contributed by atoms with Crippen molar-refractivity contribution in [2.24, 2.45) is 5.73 Å². The summed E-state index contributed by atoms with van der Waals surface area (Å²) in [5.74, 6) is 1.22. The van der Waals surface area contributed by atoms with E-state index in [-0.39, 0.29) is 6.04 Å². The molecular weight excluding hydrogens is 258 g/mol. The molecule has 2 aromatic rings. The Bertz CT molecular complexity index is 548. The molecule has 1 aliphatic rings. The van der Waals surface area contributed by atoms with E-state index < -0.39 is 0 Å². The van der Waals surface area contributed by atoms with Crippen molar-refractivity contribution in [2.45, 2.75) is 13.0 Å². The van der Waals surface area contributed by atoms with Gasteiger partial charge in [0.25, 0.3) is 0 Å². The average Bonchev–Trinajstić information content (AvgIpc) is 2.98. The molecule has 0 radical (unpaired) electrons. The zero-order chi connectivity index (χ0) is 13.9. The number of aromatic nitrogens is 4. The van der Waals surface area contributed by atoms with Crippen molar-refractivity contribution in [3.8, 4) is 0 Å². The van der Waals surface area contributed by atoms with Crippen molar-refractivity contribution in [2.75, 3.05) is 36.0 Å². The van der Waals surface area contributed by atoms with Crippen molar-refractivity contribution >= 4 is 12.0 Å². The minimum atomic E-state index is -0.241. The van der Waals surface area contributed by atoms with Crippen LogP contribution in [0.15, 0.2) is 22.9 Å². The molecule has 0 spiro atoms. The van der Waals surface area contributed by atoms with E-state index in [1.807, 2.05) is 13.0 Å². The lowest BCUT2D eigenvalue weighted by Crippen LogP contribution is -2.47. The van der Waals surface area contributed by atoms with Crippen LogP contribution < -0.4 is 15.5 Å². The van der Waals surface area contributed by atoms with Gasteiger partial charge in [0.2, 0.25) is 11.8 Å². The SMILES string of the molecule is CC(N)c1nnc(N2CCN(c3ncccn3)CC2)o1. The fourth-order valence-electron chi connectivity index (χ4n) is 2.09. The number of nitrogens with two attached hydrogens (primary N) is 1. The van der Waals surface area contributed by atoms with Gasteiger partial charge >= 0.3 is 6.01 Å². The van der Waals surface area contributed by atoms with E-state index in [2.05, 4.69) is 30.0 Å². The van der Waals surface area contributed by atoms with Crippen molar-refractivity contribution in [1.29, 1.82) is 0 Å². The Balaban J connectivity index is 1.63. The molecule has 1 aliphatic heterocycles. The standard InChI is InChI=1S/C12H17N7O/c1-9(13)10-16-17-12(20-10)19-7-5-18(6-8-19)11-14-3-2-4-15-11/h2-4,9H,5-8,13H2,1H3. The van der Waals surface area contributed by atoms with E-state index in [1.54, 1.807) is 12.4 Å². The molecule has 20 heavy (non-hydrogen) atoms. The lowest BCUT2D eigenvalue weighted by atomic mass is 10.3. The molecule has 0 amide bonds. The van der Waals surface area contributed by atoms with Crippen molar-refractivity contribution in [1.82, 2.24) is 20.2 Å². The summed E-state index contributed by atoms with van der Waals surface area (Å²) in [5.41, 5.74) is 5.72. The van der Waals surface area contributed by atoms with Gasteiger partial charge < -0.3 is 20.0 Å². The molecule has 1 fully saturated rings. The highest BCUT2D eigenvalue weighted by molar-refractivity contribution is 5.35. The van der Waals surface area contributed by atoms with E-state index in [0.717, 1.165) is 32.1 Å². The normalized spacial score (nSPS) is 17.3. The van der Waals surface area contributed by atoms with Crippen LogP contribution in [0.2, 0.25) is 0 Å². The van der Waals surface area contributed by atoms with E-state index >= 15 is 0 Å². The molecule has 3 heterocycles. The summed E-state index contributed by atoms with van der Waals surface area (Å²) in [6, 6.07) is 2.11. The molecule has 2 aromatic heterocycles. The first-order valence-electron chi connectivity index (χ1n) is 6.60. The van der Waals surface area contributed by atoms with Crippen LogP contribution in [0.5, 0.6) is 0 Å². The van der Waals surface area contributed by atoms with Crippen LogP contribution in [-0.2, 0) is 0 Å². The fraction of sp³-hybridized carbons (Fsp3) is 0.500. The van der Waals surface area contributed by atoms with Gasteiger partial charge in [0.05, 0.1) is 6.04 Å². The zero-order valence-electron chi connectivity index (χ0n) is 11.3. The maximum Gasteiger partial charge on any atom is 0.318 e. The van der Waals surface area contributed by atoms with Crippen LogP contribution in [0.25, 0.3) is 0 Å². The molecule has 2 N–H and O–H groups in total. The number of piperazine rings is 1. The lowest BCUT2D eigenvalue weighted by Gasteiger charge is -2.33. The van der Waals surface area contributed by atoms with Gasteiger partial charge in [0, 0.05) is 38.6 Å². The van der Waals surface area contributed by atoms with E-state index in [0.29, 0.717) is 11.9 Å². The van der Waals surface area contributed by atoms with Gasteiger partial charge in [-0.2, -0.15) is 0 Å². The van der Waals surface area contributed by atoms with Crippen molar-refractivity contribution in [3.05, 3.63) is 24.4 Å². The molecule has 1 atom stereocenters. The number of rotatable bonds is 3. The third-order valence-electron chi connectivity index (χ3n) is 3.20. The Labute approximate surface area is 116 Å². The number of anilines is 2. The molecule has 8 heteroatoms. The Morgan fingerprint density at radius 2 is 1.75 bits per heavy atom. The molecule has 0 aliphatic carbocycles. The summed E-state index contributed by atoms with van der Waals surface area (Å²) in [6.45, 7) is 5.04. The summed E-state index contributed by atoms with van der Waals surface area (Å²) in [7, 11) is 0. The second-order valence-electron chi connectivity index (χ2n) is 4.73. The predicted octanol–water partition coefficient (Wildman–Crippen LogP) is 0.206. The topological polar surface area (TPSA) is 97.2 Å². The summed E-state index contributed by atoms with van der Waals surface area (Å²) < 4.78 is 5.55. The molecular formula is C12H17N7O. The number of nitrogens with zero attached hydrogens (tertiary/aromatic N) is 6. The smallest absolute Gasteiger partial charge is 0.318 e. The van der Waals surface area contributed by atoms with Gasteiger partial charge in [-0.05, 0) is 13.0 Å². The molecule has 106 valence electrons. The van der Waals surface area contributed by atoms with Crippen LogP contribution in [0.4, 0.5) is 12.0 Å². The van der Waals surface area contributed by atoms with Crippen molar-refractivity contribution in [3.63, 3.8) is 0 Å². The number of hydrogen-bond donors (Lipinski definition) is 1. The Kier molecular flexibility index (Phi) is 3.46. The zero-order valence-corrected chi connectivity index (χ0v) is 11.3. The monoisotopic (exact) mass is 275 g/mol. The maximum atomic E-state index is 5.72. The highest BCUT2D eigenvalue weighted by Crippen LogP contribution is 2.18. The lowest BCUT2D eigenvalue weighted by molar-refractivity contribution is 0.450. The largest absolute Gasteiger partial charge is 0.406 e. The van der Waals surface area contributed by atoms with Crippen LogP contribution in [0, 0.1) is 0 Å². The van der Waals surface area contributed by atoms with Crippen molar-refractivity contribution < 1.29 is 4.42 Å². The average molecular weight is 275 g/mol. The number of hydrogen-bond acceptors (Lipinski definition) is 8. The highest BCUT2D eigenvalue weighted by atomic mass is 16.4. The molecule has 0 aromatic carbocycles. The third-order valence-corrected chi connectivity index (χ3v) is 3.20. The second kappa shape index (κ2) is 5.41. The molecule has 3 rings (SSSR count). The van der Waals surface area contributed by atoms with E-state index in [4.69, 9.17) is 10.2 Å². The molecule has 0 bridgehead atoms. The highest BCUT2D eigenvalue weighted by Gasteiger charge is 2.23. The van der Waals surface area contributed by atoms with Gasteiger partial charge in [-0.15, -0.1) is 5.10 Å². The Morgan fingerprint density at radius 1 is 1.10 bits per heavy atom. The quantitative estimate of drug-likeness (QED) is 0.848. The molecule has 0 saturated carbocycles. The van der Waals surface area contributed by atoms with E-state index in [1.165, 1.54) is 0 Å². The first-order valence-corrected chi connectivity index (χ1v) is 6.60. The molecule has 8 nitrogen and oxygen atoms in total. The van der Waals surface area contributed by atoms with Crippen LogP contribution in [-0.4, -0.2) is 46.3 Å². The second-order valence-corrected chi connectivity index (χ2v) is 4.73. The third kappa shape index (κ3) is 2.55. The maximum absolute atomic E-state index is 5.72. The van der Waals surface area contributed by atoms with Gasteiger partial charge in [-0.3, -0.25) is 0 Å². The van der Waals surface area contributed by atoms with Crippen LogP contribution >= 0.6 is 0 Å². The van der Waals surface area contributed by atoms with Gasteiger partial charge in [0.15, 0.2) is 0 Å². The minimum absolute atomic E-state index is 0.241. The first-order chi connectivity index (χ1) is 9.74. The molecule has 1 saturated heterocycles. The van der Waals surface area contributed by atoms with Crippen LogP contribution in [0.3, 0.4) is 0 Å². The minimum Gasteiger partial charge on any atom is -0.406 e. The summed E-state index contributed by atoms with van der Waals surface area (Å²) >= 11 is 0. The predicted molar refractivity (Wildman–Crippen MR) is 73.4 cm³/mol. The summed E-state index contributed by atoms with van der Waals surface area (Å²) in [5, 5.41) is 7.98. The summed E-state index contributed by atoms with van der Waals surface area (Å²) in [4.78, 5) is 12.7. The fourth-order valence-corrected chi connectivity index (χ4v) is 2.09. The molecule has 1 unspecified atom stereocenters. The van der Waals surface area contributed by atoms with E-state index in [9.17, 15) is 0 Å². The van der Waals surface area contributed by atoms with Crippen LogP contribution in [0.1, 0.15) is 18.9 Å². The first kappa shape index (κ1) is 12.8. The summed E-state index contributed by atoms with van der Waals surface area (Å²) in [6.07, 6.45) is 3.50. The van der Waals surface area contributed by atoms with Gasteiger partial charge in [-0.25, -0.2) is 9.97 Å².